The van der Waals surface area contributed by atoms with Crippen LogP contribution in [0.15, 0.2) is 11.1 Å². The largest absolute Gasteiger partial charge is 0.348 e. The zero-order valence-corrected chi connectivity index (χ0v) is 11.4. The monoisotopic (exact) mass is 255 g/mol. The Labute approximate surface area is 107 Å². The molecule has 1 fully saturated rings. The van der Waals surface area contributed by atoms with Gasteiger partial charge >= 0.3 is 0 Å². The number of ether oxygens (including phenoxy) is 2. The van der Waals surface area contributed by atoms with E-state index in [1.54, 1.807) is 0 Å². The van der Waals surface area contributed by atoms with Gasteiger partial charge in [-0.15, -0.1) is 0 Å². The zero-order valence-electron chi connectivity index (χ0n) is 11.4. The van der Waals surface area contributed by atoms with Crippen molar-refractivity contribution in [3.05, 3.63) is 21.3 Å². The molecule has 0 aromatic heterocycles. The first kappa shape index (κ1) is 13.5. The van der Waals surface area contributed by atoms with Crippen LogP contribution in [0.2, 0.25) is 0 Å². The highest BCUT2D eigenvalue weighted by atomic mass is 16.7. The Morgan fingerprint density at radius 2 is 1.89 bits per heavy atom. The van der Waals surface area contributed by atoms with Gasteiger partial charge in [-0.3, -0.25) is 10.1 Å². The topological polar surface area (TPSA) is 61.6 Å². The van der Waals surface area contributed by atoms with E-state index in [4.69, 9.17) is 9.47 Å². The summed E-state index contributed by atoms with van der Waals surface area (Å²) in [5, 5.41) is 11.2. The average Bonchev–Trinajstić information content (AvgIpc) is 2.62. The second kappa shape index (κ2) is 4.63. The Morgan fingerprint density at radius 1 is 1.28 bits per heavy atom. The first-order valence-corrected chi connectivity index (χ1v) is 6.40. The molecule has 3 atom stereocenters. The lowest BCUT2D eigenvalue weighted by molar-refractivity contribution is -0.535. The van der Waals surface area contributed by atoms with Gasteiger partial charge in [0.25, 0.3) is 0 Å². The molecule has 1 aliphatic carbocycles. The molecule has 0 spiro atoms. The minimum absolute atomic E-state index is 0.0783. The Bertz CT molecular complexity index is 388. The van der Waals surface area contributed by atoms with Crippen molar-refractivity contribution in [2.24, 2.45) is 5.92 Å². The zero-order chi connectivity index (χ0) is 13.5. The second-order valence-electron chi connectivity index (χ2n) is 5.85. The maximum Gasteiger partial charge on any atom is 0.222 e. The second-order valence-corrected chi connectivity index (χ2v) is 5.85. The van der Waals surface area contributed by atoms with E-state index < -0.39 is 11.8 Å². The average molecular weight is 255 g/mol. The first-order chi connectivity index (χ1) is 8.30. The van der Waals surface area contributed by atoms with Crippen LogP contribution < -0.4 is 0 Å². The summed E-state index contributed by atoms with van der Waals surface area (Å²) in [5.74, 6) is -0.693. The van der Waals surface area contributed by atoms with Crippen LogP contribution in [0.4, 0.5) is 0 Å². The summed E-state index contributed by atoms with van der Waals surface area (Å²) < 4.78 is 11.3. The van der Waals surface area contributed by atoms with Crippen molar-refractivity contribution < 1.29 is 14.4 Å². The summed E-state index contributed by atoms with van der Waals surface area (Å²) in [6.07, 6.45) is 1.10. The fourth-order valence-corrected chi connectivity index (χ4v) is 2.84. The lowest BCUT2D eigenvalue weighted by atomic mass is 9.78. The highest BCUT2D eigenvalue weighted by Gasteiger charge is 2.46. The van der Waals surface area contributed by atoms with E-state index >= 15 is 0 Å². The molecule has 5 nitrogen and oxygen atoms in total. The van der Waals surface area contributed by atoms with Crippen LogP contribution in [0.1, 0.15) is 40.5 Å². The molecule has 0 aromatic rings. The number of hydrogen-bond acceptors (Lipinski definition) is 4. The van der Waals surface area contributed by atoms with Gasteiger partial charge in [0.2, 0.25) is 6.04 Å². The highest BCUT2D eigenvalue weighted by Crippen LogP contribution is 2.38. The van der Waals surface area contributed by atoms with Gasteiger partial charge < -0.3 is 9.47 Å². The molecule has 1 heterocycles. The van der Waals surface area contributed by atoms with Crippen molar-refractivity contribution in [3.63, 3.8) is 0 Å². The van der Waals surface area contributed by atoms with E-state index in [-0.39, 0.29) is 16.9 Å². The van der Waals surface area contributed by atoms with Gasteiger partial charge in [0.1, 0.15) is 0 Å². The molecule has 0 unspecified atom stereocenters. The first-order valence-electron chi connectivity index (χ1n) is 6.40. The predicted molar refractivity (Wildman–Crippen MR) is 66.8 cm³/mol. The summed E-state index contributed by atoms with van der Waals surface area (Å²) >= 11 is 0. The lowest BCUT2D eigenvalue weighted by Gasteiger charge is -2.31. The molecule has 1 saturated heterocycles. The molecule has 0 amide bonds. The molecule has 1 aliphatic heterocycles. The van der Waals surface area contributed by atoms with E-state index in [1.165, 1.54) is 5.57 Å². The van der Waals surface area contributed by atoms with Gasteiger partial charge in [-0.05, 0) is 34.1 Å². The highest BCUT2D eigenvalue weighted by molar-refractivity contribution is 5.17. The van der Waals surface area contributed by atoms with E-state index in [2.05, 4.69) is 6.92 Å². The molecular formula is C13H21NO4. The molecule has 0 saturated carbocycles. The maximum atomic E-state index is 11.2. The van der Waals surface area contributed by atoms with Gasteiger partial charge in [-0.25, -0.2) is 0 Å². The van der Waals surface area contributed by atoms with Crippen LogP contribution in [0.5, 0.6) is 0 Å². The summed E-state index contributed by atoms with van der Waals surface area (Å²) in [5.41, 5.74) is 2.40. The molecule has 102 valence electrons. The van der Waals surface area contributed by atoms with Crippen LogP contribution in [0.25, 0.3) is 0 Å². The van der Waals surface area contributed by atoms with Crippen molar-refractivity contribution in [2.45, 2.75) is 58.5 Å². The fraction of sp³-hybridized carbons (Fsp3) is 0.846. The van der Waals surface area contributed by atoms with E-state index in [0.29, 0.717) is 13.0 Å². The van der Waals surface area contributed by atoms with E-state index in [9.17, 15) is 10.1 Å². The molecule has 0 aromatic carbocycles. The maximum absolute atomic E-state index is 11.2. The van der Waals surface area contributed by atoms with Gasteiger partial charge in [-0.1, -0.05) is 11.1 Å². The summed E-state index contributed by atoms with van der Waals surface area (Å²) in [6.45, 7) is 8.20. The number of rotatable bonds is 2. The molecule has 0 N–H and O–H groups in total. The molecule has 0 radical (unpaired) electrons. The van der Waals surface area contributed by atoms with Crippen molar-refractivity contribution >= 4 is 0 Å². The SMILES string of the molecule is CC1=C(C)C[C@@H]([N+](=O)[O-])[C@H]([C@H]2COC(C)(C)O2)C1. The van der Waals surface area contributed by atoms with Crippen molar-refractivity contribution in [3.8, 4) is 0 Å². The molecular weight excluding hydrogens is 234 g/mol. The number of allylic oxidation sites excluding steroid dienone is 1. The van der Waals surface area contributed by atoms with E-state index in [1.807, 2.05) is 20.8 Å². The molecule has 18 heavy (non-hydrogen) atoms. The third-order valence-corrected chi connectivity index (χ3v) is 4.06. The smallest absolute Gasteiger partial charge is 0.222 e. The summed E-state index contributed by atoms with van der Waals surface area (Å²) in [6, 6.07) is -0.545. The van der Waals surface area contributed by atoms with Crippen molar-refractivity contribution in [1.29, 1.82) is 0 Å². The van der Waals surface area contributed by atoms with Crippen LogP contribution in [-0.4, -0.2) is 29.5 Å². The summed E-state index contributed by atoms with van der Waals surface area (Å²) in [4.78, 5) is 11.1. The number of nitrogens with zero attached hydrogens (tertiary/aromatic N) is 1. The Morgan fingerprint density at radius 3 is 2.39 bits per heavy atom. The number of hydrogen-bond donors (Lipinski definition) is 0. The Kier molecular flexibility index (Phi) is 3.47. The molecule has 5 heteroatoms. The lowest BCUT2D eigenvalue weighted by Crippen LogP contribution is -2.41. The predicted octanol–water partition coefficient (Wildman–Crippen LogP) is 2.53. The van der Waals surface area contributed by atoms with Crippen molar-refractivity contribution in [1.82, 2.24) is 0 Å². The number of nitro groups is 1. The third-order valence-electron chi connectivity index (χ3n) is 4.06. The minimum Gasteiger partial charge on any atom is -0.348 e. The molecule has 0 bridgehead atoms. The molecule has 2 rings (SSSR count). The fourth-order valence-electron chi connectivity index (χ4n) is 2.84. The van der Waals surface area contributed by atoms with Crippen LogP contribution in [0.3, 0.4) is 0 Å². The van der Waals surface area contributed by atoms with Crippen molar-refractivity contribution in [2.75, 3.05) is 6.61 Å². The van der Waals surface area contributed by atoms with E-state index in [0.717, 1.165) is 12.0 Å². The molecule has 2 aliphatic rings. The minimum atomic E-state index is -0.615. The standard InChI is InChI=1S/C13H21NO4/c1-8-5-10(11(14(15)16)6-9(8)2)12-7-17-13(3,4)18-12/h10-12H,5-7H2,1-4H3/t10-,11-,12-/m1/s1. The van der Waals surface area contributed by atoms with Crippen LogP contribution in [-0.2, 0) is 9.47 Å². The normalized spacial score (nSPS) is 35.9. The van der Waals surface area contributed by atoms with Gasteiger partial charge in [0.15, 0.2) is 5.79 Å². The van der Waals surface area contributed by atoms with Gasteiger partial charge in [-0.2, -0.15) is 0 Å². The third kappa shape index (κ3) is 2.57. The Hall–Kier alpha value is -0.940. The summed E-state index contributed by atoms with van der Waals surface area (Å²) in [7, 11) is 0. The van der Waals surface area contributed by atoms with Gasteiger partial charge in [0.05, 0.1) is 18.6 Å². The van der Waals surface area contributed by atoms with Gasteiger partial charge in [0, 0.05) is 11.3 Å². The quantitative estimate of drug-likeness (QED) is 0.432. The van der Waals surface area contributed by atoms with Crippen LogP contribution >= 0.6 is 0 Å². The van der Waals surface area contributed by atoms with Crippen LogP contribution in [0, 0.1) is 16.0 Å². The Balaban J connectivity index is 2.18.